The molecule has 2 aromatic heterocycles. The number of amidine groups is 1. The summed E-state index contributed by atoms with van der Waals surface area (Å²) in [6.45, 7) is 1.64. The third kappa shape index (κ3) is 3.22. The summed E-state index contributed by atoms with van der Waals surface area (Å²) in [7, 11) is 0. The molecule has 0 saturated carbocycles. The van der Waals surface area contributed by atoms with Crippen LogP contribution in [0.1, 0.15) is 15.2 Å². The number of aromatic nitrogens is 2. The number of carbonyl (C=O) groups is 1. The predicted molar refractivity (Wildman–Crippen MR) is 118 cm³/mol. The Balaban J connectivity index is 0.00000192. The van der Waals surface area contributed by atoms with E-state index in [1.165, 1.54) is 11.3 Å². The Bertz CT molecular complexity index is 1230. The molecule has 28 heavy (non-hydrogen) atoms. The minimum atomic E-state index is -0.276. The Morgan fingerprint density at radius 1 is 1.21 bits per heavy atom. The highest BCUT2D eigenvalue weighted by molar-refractivity contribution is 7.21. The number of thiophene rings is 1. The van der Waals surface area contributed by atoms with Crippen LogP contribution in [0.5, 0.6) is 0 Å². The number of aliphatic imine (C=N–C) groups is 1. The molecule has 142 valence electrons. The molecule has 4 aromatic rings. The number of hydrogen-bond acceptors (Lipinski definition) is 5. The van der Waals surface area contributed by atoms with Crippen LogP contribution < -0.4 is 10.6 Å². The number of aromatic amines is 1. The molecule has 0 atom stereocenters. The van der Waals surface area contributed by atoms with Crippen molar-refractivity contribution in [2.75, 3.05) is 18.4 Å². The van der Waals surface area contributed by atoms with Gasteiger partial charge in [0.2, 0.25) is 5.95 Å². The molecule has 0 aliphatic carbocycles. The zero-order valence-corrected chi connectivity index (χ0v) is 16.8. The third-order valence-electron chi connectivity index (χ3n) is 4.40. The number of benzene rings is 2. The lowest BCUT2D eigenvalue weighted by atomic mass is 10.2. The van der Waals surface area contributed by atoms with Crippen molar-refractivity contribution in [2.24, 2.45) is 4.99 Å². The minimum absolute atomic E-state index is 0. The Kier molecular flexibility index (Phi) is 4.97. The highest BCUT2D eigenvalue weighted by atomic mass is 35.5. The van der Waals surface area contributed by atoms with Gasteiger partial charge in [0.1, 0.15) is 10.7 Å². The Labute approximate surface area is 175 Å². The first-order chi connectivity index (χ1) is 13.2. The predicted octanol–water partition coefficient (Wildman–Crippen LogP) is 4.45. The first kappa shape index (κ1) is 18.7. The third-order valence-corrected chi connectivity index (χ3v) is 6.08. The van der Waals surface area contributed by atoms with Gasteiger partial charge in [0.05, 0.1) is 22.6 Å². The maximum absolute atomic E-state index is 12.7. The zero-order valence-electron chi connectivity index (χ0n) is 14.5. The van der Waals surface area contributed by atoms with Crippen LogP contribution in [0.15, 0.2) is 47.5 Å². The normalized spacial score (nSPS) is 13.2. The number of rotatable bonds is 3. The summed E-state index contributed by atoms with van der Waals surface area (Å²) in [4.78, 5) is 25.2. The van der Waals surface area contributed by atoms with Gasteiger partial charge < -0.3 is 10.3 Å². The van der Waals surface area contributed by atoms with Crippen LogP contribution in [0, 0.1) is 0 Å². The van der Waals surface area contributed by atoms with Crippen molar-refractivity contribution < 1.29 is 4.79 Å². The van der Waals surface area contributed by atoms with Gasteiger partial charge in [-0.2, -0.15) is 0 Å². The Hall–Kier alpha value is -2.61. The second kappa shape index (κ2) is 7.43. The number of imidazole rings is 1. The maximum atomic E-state index is 12.7. The van der Waals surface area contributed by atoms with Gasteiger partial charge in [0.25, 0.3) is 5.91 Å². The van der Waals surface area contributed by atoms with Crippen molar-refractivity contribution in [1.29, 1.82) is 0 Å². The monoisotopic (exact) mass is 431 g/mol. The van der Waals surface area contributed by atoms with Crippen LogP contribution >= 0.6 is 35.3 Å². The van der Waals surface area contributed by atoms with E-state index in [4.69, 9.17) is 11.6 Å². The molecular weight excluding hydrogens is 417 g/mol. The van der Waals surface area contributed by atoms with Crippen molar-refractivity contribution in [2.45, 2.75) is 0 Å². The van der Waals surface area contributed by atoms with Crippen molar-refractivity contribution in [1.82, 2.24) is 15.3 Å². The van der Waals surface area contributed by atoms with Crippen molar-refractivity contribution in [3.8, 4) is 0 Å². The highest BCUT2D eigenvalue weighted by Crippen LogP contribution is 2.35. The number of halogens is 2. The van der Waals surface area contributed by atoms with E-state index in [1.54, 1.807) is 0 Å². The number of H-pyrrole nitrogens is 1. The molecule has 1 amide bonds. The lowest BCUT2D eigenvalue weighted by Gasteiger charge is -2.01. The van der Waals surface area contributed by atoms with E-state index < -0.39 is 0 Å². The smallest absolute Gasteiger partial charge is 0.269 e. The highest BCUT2D eigenvalue weighted by Gasteiger charge is 2.18. The van der Waals surface area contributed by atoms with Crippen molar-refractivity contribution in [3.63, 3.8) is 0 Å². The average Bonchev–Trinajstić information content (AvgIpc) is 3.40. The number of hydrogen-bond donors (Lipinski definition) is 3. The Morgan fingerprint density at radius 3 is 2.86 bits per heavy atom. The van der Waals surface area contributed by atoms with Crippen LogP contribution in [-0.2, 0) is 0 Å². The zero-order chi connectivity index (χ0) is 18.4. The SMILES string of the molecule is Cl.O=C(Nc1nc2ccc(C3=NCCN3)cc2[nH]1)c1sc2ccccc2c1Cl. The number of amides is 1. The van der Waals surface area contributed by atoms with E-state index in [1.807, 2.05) is 42.5 Å². The first-order valence-electron chi connectivity index (χ1n) is 8.46. The lowest BCUT2D eigenvalue weighted by molar-refractivity contribution is 0.103. The van der Waals surface area contributed by atoms with Crippen LogP contribution in [0.4, 0.5) is 5.95 Å². The van der Waals surface area contributed by atoms with E-state index >= 15 is 0 Å². The summed E-state index contributed by atoms with van der Waals surface area (Å²) in [5.41, 5.74) is 2.60. The second-order valence-electron chi connectivity index (χ2n) is 6.17. The molecule has 9 heteroatoms. The van der Waals surface area contributed by atoms with Gasteiger partial charge in [-0.1, -0.05) is 29.8 Å². The Morgan fingerprint density at radius 2 is 2.07 bits per heavy atom. The molecule has 1 aliphatic rings. The van der Waals surface area contributed by atoms with Gasteiger partial charge in [-0.15, -0.1) is 23.7 Å². The molecule has 0 bridgehead atoms. The number of nitrogens with one attached hydrogen (secondary N) is 3. The van der Waals surface area contributed by atoms with Gasteiger partial charge in [0, 0.05) is 22.2 Å². The number of anilines is 1. The van der Waals surface area contributed by atoms with Crippen LogP contribution in [0.2, 0.25) is 5.02 Å². The number of nitrogens with zero attached hydrogens (tertiary/aromatic N) is 2. The molecule has 0 saturated heterocycles. The summed E-state index contributed by atoms with van der Waals surface area (Å²) in [5, 5.41) is 7.41. The van der Waals surface area contributed by atoms with Crippen molar-refractivity contribution >= 4 is 74.2 Å². The lowest BCUT2D eigenvalue weighted by Crippen LogP contribution is -2.19. The van der Waals surface area contributed by atoms with Crippen LogP contribution in [-0.4, -0.2) is 34.8 Å². The fourth-order valence-corrected chi connectivity index (χ4v) is 4.54. The largest absolute Gasteiger partial charge is 0.368 e. The summed E-state index contributed by atoms with van der Waals surface area (Å²) in [6, 6.07) is 13.5. The maximum Gasteiger partial charge on any atom is 0.269 e. The standard InChI is InChI=1S/C19H14ClN5OS.ClH/c20-15-11-3-1-2-4-14(11)27-16(15)18(26)25-19-23-12-6-5-10(9-13(12)24-19)17-21-7-8-22-17;/h1-6,9H,7-8H2,(H,21,22)(H2,23,24,25,26);1H. The van der Waals surface area contributed by atoms with E-state index in [0.29, 0.717) is 15.8 Å². The molecule has 0 unspecified atom stereocenters. The summed E-state index contributed by atoms with van der Waals surface area (Å²) in [6.07, 6.45) is 0. The van der Waals surface area contributed by atoms with Gasteiger partial charge >= 0.3 is 0 Å². The quantitative estimate of drug-likeness (QED) is 0.447. The first-order valence-corrected chi connectivity index (χ1v) is 9.65. The molecule has 3 heterocycles. The van der Waals surface area contributed by atoms with E-state index in [9.17, 15) is 4.79 Å². The van der Waals surface area contributed by atoms with Crippen LogP contribution in [0.25, 0.3) is 21.1 Å². The summed E-state index contributed by atoms with van der Waals surface area (Å²) >= 11 is 7.76. The average molecular weight is 432 g/mol. The van der Waals surface area contributed by atoms with E-state index in [2.05, 4.69) is 25.6 Å². The fourth-order valence-electron chi connectivity index (χ4n) is 3.13. The van der Waals surface area contributed by atoms with E-state index in [-0.39, 0.29) is 18.3 Å². The molecule has 0 fully saturated rings. The van der Waals surface area contributed by atoms with Gasteiger partial charge in [-0.05, 0) is 24.3 Å². The molecule has 3 N–H and O–H groups in total. The van der Waals surface area contributed by atoms with Gasteiger partial charge in [0.15, 0.2) is 0 Å². The summed E-state index contributed by atoms with van der Waals surface area (Å²) in [5.74, 6) is 0.999. The molecule has 6 nitrogen and oxygen atoms in total. The molecule has 0 radical (unpaired) electrons. The van der Waals surface area contributed by atoms with Crippen molar-refractivity contribution in [3.05, 3.63) is 57.9 Å². The van der Waals surface area contributed by atoms with Gasteiger partial charge in [-0.25, -0.2) is 4.98 Å². The second-order valence-corrected chi connectivity index (χ2v) is 7.60. The number of carbonyl (C=O) groups excluding carboxylic acids is 1. The number of fused-ring (bicyclic) bond motifs is 2. The molecule has 2 aromatic carbocycles. The molecule has 1 aliphatic heterocycles. The van der Waals surface area contributed by atoms with Gasteiger partial charge in [-0.3, -0.25) is 15.1 Å². The molecule has 5 rings (SSSR count). The minimum Gasteiger partial charge on any atom is -0.368 e. The van der Waals surface area contributed by atoms with Crippen LogP contribution in [0.3, 0.4) is 0 Å². The van der Waals surface area contributed by atoms with E-state index in [0.717, 1.165) is 45.6 Å². The molecular formula is C19H15Cl2N5OS. The topological polar surface area (TPSA) is 82.2 Å². The fraction of sp³-hybridized carbons (Fsp3) is 0.105. The summed E-state index contributed by atoms with van der Waals surface area (Å²) < 4.78 is 0.978. The molecule has 0 spiro atoms.